The van der Waals surface area contributed by atoms with Gasteiger partial charge in [0.05, 0.1) is 0 Å². The van der Waals surface area contributed by atoms with E-state index in [0.29, 0.717) is 24.4 Å². The molecule has 1 spiro atoms. The maximum absolute atomic E-state index is 13.1. The molecule has 1 aliphatic carbocycles. The number of hydrogen-bond acceptors (Lipinski definition) is 3. The number of imide groups is 1. The van der Waals surface area contributed by atoms with Crippen molar-refractivity contribution in [1.29, 1.82) is 0 Å². The van der Waals surface area contributed by atoms with E-state index in [2.05, 4.69) is 31.4 Å². The molecule has 1 heterocycles. The van der Waals surface area contributed by atoms with Gasteiger partial charge >= 0.3 is 6.03 Å². The minimum Gasteiger partial charge on any atom is -0.324 e. The van der Waals surface area contributed by atoms with Crippen LogP contribution in [0.2, 0.25) is 0 Å². The first-order chi connectivity index (χ1) is 12.5. The summed E-state index contributed by atoms with van der Waals surface area (Å²) in [6, 6.07) is 5.25. The highest BCUT2D eigenvalue weighted by atomic mass is 16.2. The third kappa shape index (κ3) is 3.84. The van der Waals surface area contributed by atoms with Crippen molar-refractivity contribution in [2.24, 2.45) is 11.3 Å². The number of benzene rings is 1. The van der Waals surface area contributed by atoms with E-state index in [0.717, 1.165) is 22.4 Å². The van der Waals surface area contributed by atoms with Crippen LogP contribution in [0.4, 0.5) is 10.5 Å². The van der Waals surface area contributed by atoms with E-state index >= 15 is 0 Å². The topological polar surface area (TPSA) is 78.5 Å². The quantitative estimate of drug-likeness (QED) is 0.800. The summed E-state index contributed by atoms with van der Waals surface area (Å²) in [5.41, 5.74) is 1.84. The van der Waals surface area contributed by atoms with Gasteiger partial charge in [0, 0.05) is 5.69 Å². The predicted octanol–water partition coefficient (Wildman–Crippen LogP) is 3.38. The summed E-state index contributed by atoms with van der Waals surface area (Å²) in [5.74, 6) is -0.310. The highest BCUT2D eigenvalue weighted by Crippen LogP contribution is 2.46. The second kappa shape index (κ2) is 6.66. The van der Waals surface area contributed by atoms with E-state index in [-0.39, 0.29) is 23.8 Å². The highest BCUT2D eigenvalue weighted by molar-refractivity contribution is 6.10. The van der Waals surface area contributed by atoms with Crippen molar-refractivity contribution in [3.05, 3.63) is 29.3 Å². The van der Waals surface area contributed by atoms with Gasteiger partial charge in [0.25, 0.3) is 5.91 Å². The molecule has 6 heteroatoms. The third-order valence-electron chi connectivity index (χ3n) is 5.58. The maximum atomic E-state index is 13.1. The molecule has 0 radical (unpaired) electrons. The van der Waals surface area contributed by atoms with E-state index in [1.807, 2.05) is 32.0 Å². The summed E-state index contributed by atoms with van der Waals surface area (Å²) in [7, 11) is 0. The number of carbonyl (C=O) groups is 3. The molecule has 146 valence electrons. The molecule has 2 N–H and O–H groups in total. The van der Waals surface area contributed by atoms with Gasteiger partial charge in [-0.05, 0) is 56.1 Å². The number of nitrogens with one attached hydrogen (secondary N) is 2. The molecule has 1 aromatic carbocycles. The molecule has 2 aliphatic rings. The van der Waals surface area contributed by atoms with Crippen molar-refractivity contribution in [1.82, 2.24) is 10.2 Å². The molecule has 0 bridgehead atoms. The van der Waals surface area contributed by atoms with Crippen molar-refractivity contribution in [3.8, 4) is 0 Å². The highest BCUT2D eigenvalue weighted by Gasteiger charge is 2.56. The zero-order chi connectivity index (χ0) is 20.0. The lowest BCUT2D eigenvalue weighted by atomic mass is 9.64. The molecular formula is C21H29N3O3. The molecule has 4 amide bonds. The van der Waals surface area contributed by atoms with Gasteiger partial charge in [0.1, 0.15) is 12.1 Å². The van der Waals surface area contributed by atoms with Gasteiger partial charge in [-0.25, -0.2) is 4.79 Å². The third-order valence-corrected chi connectivity index (χ3v) is 5.58. The van der Waals surface area contributed by atoms with Crippen molar-refractivity contribution in [2.45, 2.75) is 59.4 Å². The summed E-state index contributed by atoms with van der Waals surface area (Å²) in [4.78, 5) is 39.1. The monoisotopic (exact) mass is 371 g/mol. The summed E-state index contributed by atoms with van der Waals surface area (Å²) in [6.45, 7) is 9.99. The minimum atomic E-state index is -0.877. The first kappa shape index (κ1) is 19.4. The van der Waals surface area contributed by atoms with Gasteiger partial charge in [-0.2, -0.15) is 0 Å². The van der Waals surface area contributed by atoms with Crippen LogP contribution in [0, 0.1) is 25.2 Å². The van der Waals surface area contributed by atoms with Crippen LogP contribution < -0.4 is 10.6 Å². The lowest BCUT2D eigenvalue weighted by molar-refractivity contribution is -0.136. The SMILES string of the molecule is Cc1ccc(NC(=O)CN2C(=O)NC3(CC(C)CC(C)(C)C3)C2=O)c(C)c1. The van der Waals surface area contributed by atoms with Gasteiger partial charge in [-0.1, -0.05) is 38.5 Å². The van der Waals surface area contributed by atoms with Gasteiger partial charge in [0.2, 0.25) is 5.91 Å². The summed E-state index contributed by atoms with van der Waals surface area (Å²) >= 11 is 0. The molecule has 1 saturated heterocycles. The second-order valence-corrected chi connectivity index (χ2v) is 9.12. The van der Waals surface area contributed by atoms with Crippen LogP contribution in [-0.2, 0) is 9.59 Å². The van der Waals surface area contributed by atoms with Gasteiger partial charge in [0.15, 0.2) is 0 Å². The average molecular weight is 371 g/mol. The van der Waals surface area contributed by atoms with E-state index in [1.54, 1.807) is 0 Å². The molecule has 6 nitrogen and oxygen atoms in total. The van der Waals surface area contributed by atoms with E-state index in [4.69, 9.17) is 0 Å². The molecular weight excluding hydrogens is 342 g/mol. The Hall–Kier alpha value is -2.37. The lowest BCUT2D eigenvalue weighted by Crippen LogP contribution is -2.54. The van der Waals surface area contributed by atoms with Crippen molar-refractivity contribution in [2.75, 3.05) is 11.9 Å². The zero-order valence-corrected chi connectivity index (χ0v) is 16.8. The van der Waals surface area contributed by atoms with Crippen LogP contribution in [0.5, 0.6) is 0 Å². The summed E-state index contributed by atoms with van der Waals surface area (Å²) < 4.78 is 0. The van der Waals surface area contributed by atoms with Crippen LogP contribution in [0.15, 0.2) is 18.2 Å². The lowest BCUT2D eigenvalue weighted by Gasteiger charge is -2.43. The summed E-state index contributed by atoms with van der Waals surface area (Å²) in [6.07, 6.45) is 2.24. The fourth-order valence-corrected chi connectivity index (χ4v) is 4.94. The van der Waals surface area contributed by atoms with Crippen LogP contribution in [0.1, 0.15) is 51.2 Å². The first-order valence-corrected chi connectivity index (χ1v) is 9.53. The van der Waals surface area contributed by atoms with Crippen LogP contribution in [-0.4, -0.2) is 34.8 Å². The van der Waals surface area contributed by atoms with E-state index < -0.39 is 11.6 Å². The maximum Gasteiger partial charge on any atom is 0.325 e. The Morgan fingerprint density at radius 3 is 2.59 bits per heavy atom. The Balaban J connectivity index is 1.73. The molecule has 2 fully saturated rings. The van der Waals surface area contributed by atoms with Gasteiger partial charge < -0.3 is 10.6 Å². The number of anilines is 1. The van der Waals surface area contributed by atoms with E-state index in [9.17, 15) is 14.4 Å². The van der Waals surface area contributed by atoms with Gasteiger partial charge in [-0.3, -0.25) is 14.5 Å². The molecule has 2 unspecified atom stereocenters. The Morgan fingerprint density at radius 2 is 1.96 bits per heavy atom. The normalized spacial score (nSPS) is 27.0. The fraction of sp³-hybridized carbons (Fsp3) is 0.571. The van der Waals surface area contributed by atoms with Gasteiger partial charge in [-0.15, -0.1) is 0 Å². The zero-order valence-electron chi connectivity index (χ0n) is 16.8. The number of carbonyl (C=O) groups excluding carboxylic acids is 3. The Morgan fingerprint density at radius 1 is 1.26 bits per heavy atom. The van der Waals surface area contributed by atoms with Crippen LogP contribution in [0.25, 0.3) is 0 Å². The fourth-order valence-electron chi connectivity index (χ4n) is 4.94. The molecule has 1 saturated carbocycles. The largest absolute Gasteiger partial charge is 0.325 e. The standard InChI is InChI=1S/C21H29N3O3/c1-13-6-7-16(15(3)8-13)22-17(25)11-24-18(26)21(23-19(24)27)10-14(2)9-20(4,5)12-21/h6-8,14H,9-12H2,1-5H3,(H,22,25)(H,23,27). The number of nitrogens with zero attached hydrogens (tertiary/aromatic N) is 1. The summed E-state index contributed by atoms with van der Waals surface area (Å²) in [5, 5.41) is 5.71. The predicted molar refractivity (Wildman–Crippen MR) is 104 cm³/mol. The number of urea groups is 1. The molecule has 1 aliphatic heterocycles. The van der Waals surface area contributed by atoms with Crippen LogP contribution >= 0.6 is 0 Å². The first-order valence-electron chi connectivity index (χ1n) is 9.53. The molecule has 1 aromatic rings. The Bertz CT molecular complexity index is 802. The van der Waals surface area contributed by atoms with Crippen molar-refractivity contribution < 1.29 is 14.4 Å². The number of rotatable bonds is 3. The Labute approximate surface area is 160 Å². The Kier molecular flexibility index (Phi) is 4.78. The van der Waals surface area contributed by atoms with Crippen molar-refractivity contribution in [3.63, 3.8) is 0 Å². The van der Waals surface area contributed by atoms with Crippen molar-refractivity contribution >= 4 is 23.5 Å². The number of aryl methyl sites for hydroxylation is 2. The smallest absolute Gasteiger partial charge is 0.324 e. The van der Waals surface area contributed by atoms with Crippen LogP contribution in [0.3, 0.4) is 0 Å². The average Bonchev–Trinajstić information content (AvgIpc) is 2.72. The minimum absolute atomic E-state index is 0.0299. The number of amides is 4. The second-order valence-electron chi connectivity index (χ2n) is 9.12. The molecule has 27 heavy (non-hydrogen) atoms. The number of hydrogen-bond donors (Lipinski definition) is 2. The molecule has 2 atom stereocenters. The van der Waals surface area contributed by atoms with E-state index in [1.165, 1.54) is 0 Å². The molecule has 3 rings (SSSR count). The molecule has 0 aromatic heterocycles.